The average molecular weight is 316 g/mol. The Morgan fingerprint density at radius 3 is 2.71 bits per heavy atom. The van der Waals surface area contributed by atoms with Crippen LogP contribution in [-0.2, 0) is 22.6 Å². The van der Waals surface area contributed by atoms with E-state index in [-0.39, 0.29) is 11.5 Å². The van der Waals surface area contributed by atoms with E-state index >= 15 is 0 Å². The van der Waals surface area contributed by atoms with Crippen LogP contribution < -0.4 is 0 Å². The summed E-state index contributed by atoms with van der Waals surface area (Å²) < 4.78 is 26.3. The van der Waals surface area contributed by atoms with Crippen molar-refractivity contribution in [2.45, 2.75) is 12.7 Å². The Labute approximate surface area is 109 Å². The molecule has 2 aromatic rings. The van der Waals surface area contributed by atoms with E-state index in [2.05, 4.69) is 15.9 Å². The molecule has 5 heteroatoms. The van der Waals surface area contributed by atoms with Gasteiger partial charge in [-0.05, 0) is 27.6 Å². The van der Waals surface area contributed by atoms with Gasteiger partial charge in [0.15, 0.2) is 9.84 Å². The van der Waals surface area contributed by atoms with Crippen molar-refractivity contribution >= 4 is 36.7 Å². The second-order valence-electron chi connectivity index (χ2n) is 4.08. The number of halogens is 1. The summed E-state index contributed by atoms with van der Waals surface area (Å²) in [5.74, 6) is 0.286. The van der Waals surface area contributed by atoms with Crippen molar-refractivity contribution < 1.29 is 8.42 Å². The maximum atomic E-state index is 11.7. The molecule has 1 aromatic heterocycles. The quantitative estimate of drug-likeness (QED) is 0.873. The normalized spacial score (nSPS) is 12.2. The SMILES string of the molecule is CCS(=O)(=O)Cc1cn(C)c2c(Br)cccc12. The van der Waals surface area contributed by atoms with E-state index in [1.165, 1.54) is 0 Å². The van der Waals surface area contributed by atoms with E-state index in [9.17, 15) is 8.42 Å². The Bertz CT molecular complexity index is 658. The number of hydrogen-bond acceptors (Lipinski definition) is 2. The number of aryl methyl sites for hydroxylation is 1. The molecule has 0 N–H and O–H groups in total. The zero-order valence-corrected chi connectivity index (χ0v) is 12.2. The minimum absolute atomic E-state index is 0.108. The fraction of sp³-hybridized carbons (Fsp3) is 0.333. The second-order valence-corrected chi connectivity index (χ2v) is 7.29. The van der Waals surface area contributed by atoms with Crippen LogP contribution in [0.2, 0.25) is 0 Å². The van der Waals surface area contributed by atoms with Crippen molar-refractivity contribution in [2.24, 2.45) is 7.05 Å². The number of fused-ring (bicyclic) bond motifs is 1. The van der Waals surface area contributed by atoms with Crippen molar-refractivity contribution in [3.63, 3.8) is 0 Å². The lowest BCUT2D eigenvalue weighted by molar-refractivity contribution is 0.596. The number of rotatable bonds is 3. The number of benzene rings is 1. The van der Waals surface area contributed by atoms with Gasteiger partial charge in [0.2, 0.25) is 0 Å². The number of nitrogens with zero attached hydrogens (tertiary/aromatic N) is 1. The first-order chi connectivity index (χ1) is 7.94. The molecule has 17 heavy (non-hydrogen) atoms. The van der Waals surface area contributed by atoms with Crippen LogP contribution in [0.5, 0.6) is 0 Å². The average Bonchev–Trinajstić information content (AvgIpc) is 2.56. The van der Waals surface area contributed by atoms with Crippen molar-refractivity contribution in [1.82, 2.24) is 4.57 Å². The van der Waals surface area contributed by atoms with Crippen molar-refractivity contribution in [2.75, 3.05) is 5.75 Å². The molecule has 0 bridgehead atoms. The predicted octanol–water partition coefficient (Wildman–Crippen LogP) is 2.88. The smallest absolute Gasteiger partial charge is 0.154 e. The molecule has 0 radical (unpaired) electrons. The summed E-state index contributed by atoms with van der Waals surface area (Å²) in [4.78, 5) is 0. The Kier molecular flexibility index (Phi) is 3.32. The summed E-state index contributed by atoms with van der Waals surface area (Å²) in [7, 11) is -1.07. The summed E-state index contributed by atoms with van der Waals surface area (Å²) in [5, 5.41) is 0.999. The molecule has 3 nitrogen and oxygen atoms in total. The molecule has 0 fully saturated rings. The van der Waals surface area contributed by atoms with E-state index in [1.54, 1.807) is 6.92 Å². The molecular formula is C12H14BrNO2S. The van der Waals surface area contributed by atoms with Crippen LogP contribution in [0, 0.1) is 0 Å². The van der Waals surface area contributed by atoms with Crippen molar-refractivity contribution in [1.29, 1.82) is 0 Å². The molecule has 1 heterocycles. The maximum Gasteiger partial charge on any atom is 0.154 e. The van der Waals surface area contributed by atoms with E-state index in [1.807, 2.05) is 36.0 Å². The molecule has 0 saturated carbocycles. The Morgan fingerprint density at radius 2 is 2.06 bits per heavy atom. The summed E-state index contributed by atoms with van der Waals surface area (Å²) in [6.45, 7) is 1.68. The highest BCUT2D eigenvalue weighted by atomic mass is 79.9. The topological polar surface area (TPSA) is 39.1 Å². The van der Waals surface area contributed by atoms with Gasteiger partial charge in [-0.2, -0.15) is 0 Å². The van der Waals surface area contributed by atoms with Crippen LogP contribution in [0.15, 0.2) is 28.9 Å². The van der Waals surface area contributed by atoms with Gasteiger partial charge in [0, 0.05) is 28.9 Å². The Balaban J connectivity index is 2.61. The van der Waals surface area contributed by atoms with Gasteiger partial charge < -0.3 is 4.57 Å². The third-order valence-corrected chi connectivity index (χ3v) is 5.12. The second kappa shape index (κ2) is 4.46. The molecule has 0 spiro atoms. The monoisotopic (exact) mass is 315 g/mol. The summed E-state index contributed by atoms with van der Waals surface area (Å²) in [5.41, 5.74) is 1.90. The summed E-state index contributed by atoms with van der Waals surface area (Å²) >= 11 is 3.49. The van der Waals surface area contributed by atoms with E-state index in [0.29, 0.717) is 0 Å². The van der Waals surface area contributed by atoms with Crippen molar-refractivity contribution in [3.8, 4) is 0 Å². The first-order valence-corrected chi connectivity index (χ1v) is 7.99. The highest BCUT2D eigenvalue weighted by Gasteiger charge is 2.15. The van der Waals surface area contributed by atoms with Gasteiger partial charge in [0.25, 0.3) is 0 Å². The van der Waals surface area contributed by atoms with E-state index < -0.39 is 9.84 Å². The highest BCUT2D eigenvalue weighted by molar-refractivity contribution is 9.10. The fourth-order valence-electron chi connectivity index (χ4n) is 1.95. The number of para-hydroxylation sites is 1. The van der Waals surface area contributed by atoms with Crippen LogP contribution in [-0.4, -0.2) is 18.7 Å². The van der Waals surface area contributed by atoms with Crippen LogP contribution in [0.3, 0.4) is 0 Å². The first kappa shape index (κ1) is 12.6. The minimum Gasteiger partial charge on any atom is -0.349 e. The lowest BCUT2D eigenvalue weighted by Crippen LogP contribution is -2.06. The molecule has 2 rings (SSSR count). The number of hydrogen-bond donors (Lipinski definition) is 0. The minimum atomic E-state index is -2.99. The molecule has 1 aromatic carbocycles. The maximum absolute atomic E-state index is 11.7. The van der Waals surface area contributed by atoms with Gasteiger partial charge in [-0.25, -0.2) is 8.42 Å². The lowest BCUT2D eigenvalue weighted by Gasteiger charge is -2.00. The molecular weight excluding hydrogens is 302 g/mol. The molecule has 0 unspecified atom stereocenters. The third kappa shape index (κ3) is 2.40. The van der Waals surface area contributed by atoms with Crippen LogP contribution in [0.25, 0.3) is 10.9 Å². The zero-order chi connectivity index (χ0) is 12.6. The molecule has 92 valence electrons. The van der Waals surface area contributed by atoms with Crippen LogP contribution >= 0.6 is 15.9 Å². The molecule has 0 atom stereocenters. The van der Waals surface area contributed by atoms with Crippen molar-refractivity contribution in [3.05, 3.63) is 34.4 Å². The fourth-order valence-corrected chi connectivity index (χ4v) is 3.51. The number of sulfone groups is 1. The Morgan fingerprint density at radius 1 is 1.35 bits per heavy atom. The molecule has 0 amide bonds. The third-order valence-electron chi connectivity index (χ3n) is 2.85. The lowest BCUT2D eigenvalue weighted by atomic mass is 10.2. The van der Waals surface area contributed by atoms with Gasteiger partial charge in [-0.1, -0.05) is 19.1 Å². The molecule has 0 aliphatic carbocycles. The molecule has 0 saturated heterocycles. The van der Waals surface area contributed by atoms with Crippen LogP contribution in [0.4, 0.5) is 0 Å². The van der Waals surface area contributed by atoms with Gasteiger partial charge in [0.1, 0.15) is 0 Å². The predicted molar refractivity (Wildman–Crippen MR) is 73.8 cm³/mol. The highest BCUT2D eigenvalue weighted by Crippen LogP contribution is 2.28. The van der Waals surface area contributed by atoms with E-state index in [4.69, 9.17) is 0 Å². The van der Waals surface area contributed by atoms with E-state index in [0.717, 1.165) is 20.9 Å². The summed E-state index contributed by atoms with van der Waals surface area (Å²) in [6, 6.07) is 5.84. The molecule has 0 aliphatic rings. The zero-order valence-electron chi connectivity index (χ0n) is 9.77. The van der Waals surface area contributed by atoms with Gasteiger partial charge in [-0.15, -0.1) is 0 Å². The van der Waals surface area contributed by atoms with Gasteiger partial charge in [-0.3, -0.25) is 0 Å². The Hall–Kier alpha value is -0.810. The van der Waals surface area contributed by atoms with Gasteiger partial charge >= 0.3 is 0 Å². The molecule has 0 aliphatic heterocycles. The standard InChI is InChI=1S/C12H14BrNO2S/c1-3-17(15,16)8-9-7-14(2)12-10(9)5-4-6-11(12)13/h4-7H,3,8H2,1-2H3. The summed E-state index contributed by atoms with van der Waals surface area (Å²) in [6.07, 6.45) is 1.89. The largest absolute Gasteiger partial charge is 0.349 e. The van der Waals surface area contributed by atoms with Crippen LogP contribution in [0.1, 0.15) is 12.5 Å². The number of aromatic nitrogens is 1. The van der Waals surface area contributed by atoms with Gasteiger partial charge in [0.05, 0.1) is 11.3 Å². The first-order valence-electron chi connectivity index (χ1n) is 5.37.